The maximum absolute atomic E-state index is 12.1. The fraction of sp³-hybridized carbons (Fsp3) is 0.111. The molecule has 0 saturated carbocycles. The molecule has 0 unspecified atom stereocenters. The zero-order valence-corrected chi connectivity index (χ0v) is 14.7. The smallest absolute Gasteiger partial charge is 0.363 e. The van der Waals surface area contributed by atoms with E-state index in [4.69, 9.17) is 16.3 Å². The highest BCUT2D eigenvalue weighted by Crippen LogP contribution is 2.29. The Hall–Kier alpha value is -3.19. The Balaban J connectivity index is 2.00. The van der Waals surface area contributed by atoms with Crippen molar-refractivity contribution < 1.29 is 14.5 Å². The number of hydrogen-bond acceptors (Lipinski definition) is 6. The molecule has 26 heavy (non-hydrogen) atoms. The summed E-state index contributed by atoms with van der Waals surface area (Å²) in [5, 5.41) is 11.7. The molecule has 0 amide bonds. The van der Waals surface area contributed by atoms with Crippen LogP contribution in [0, 0.1) is 10.1 Å². The Morgan fingerprint density at radius 3 is 2.62 bits per heavy atom. The second-order valence-corrected chi connectivity index (χ2v) is 6.12. The van der Waals surface area contributed by atoms with Gasteiger partial charge in [0, 0.05) is 20.2 Å². The predicted octanol–water partition coefficient (Wildman–Crippen LogP) is 3.66. The molecule has 1 heterocycles. The average molecular weight is 372 g/mol. The van der Waals surface area contributed by atoms with Crippen molar-refractivity contribution in [3.05, 3.63) is 74.4 Å². The maximum atomic E-state index is 12.1. The molecule has 2 aromatic rings. The van der Waals surface area contributed by atoms with Crippen LogP contribution in [0.2, 0.25) is 5.02 Å². The minimum Gasteiger partial charge on any atom is -0.402 e. The number of halogens is 1. The fourth-order valence-electron chi connectivity index (χ4n) is 2.47. The molecule has 1 aliphatic rings. The van der Waals surface area contributed by atoms with E-state index >= 15 is 0 Å². The standard InChI is InChI=1S/C18H14ClN3O4/c1-21(2)15-8-7-11(10-16(15)22(24)25)9-14-18(23)26-17(20-14)12-5-3-4-6-13(12)19/h3-10H,1-2H3/b14-9-. The van der Waals surface area contributed by atoms with Crippen molar-refractivity contribution in [1.29, 1.82) is 0 Å². The lowest BCUT2D eigenvalue weighted by molar-refractivity contribution is -0.384. The lowest BCUT2D eigenvalue weighted by atomic mass is 10.1. The number of carbonyl (C=O) groups is 1. The van der Waals surface area contributed by atoms with Crippen molar-refractivity contribution in [3.8, 4) is 0 Å². The average Bonchev–Trinajstić information content (AvgIpc) is 2.95. The topological polar surface area (TPSA) is 85.0 Å². The van der Waals surface area contributed by atoms with E-state index in [1.165, 1.54) is 12.1 Å². The monoisotopic (exact) mass is 371 g/mol. The first kappa shape index (κ1) is 17.6. The van der Waals surface area contributed by atoms with Gasteiger partial charge in [-0.05, 0) is 29.8 Å². The molecule has 0 aromatic heterocycles. The molecule has 0 bridgehead atoms. The van der Waals surface area contributed by atoms with Crippen molar-refractivity contribution >= 4 is 40.9 Å². The number of rotatable bonds is 4. The normalized spacial score (nSPS) is 15.0. The Kier molecular flexibility index (Phi) is 4.73. The van der Waals surface area contributed by atoms with Gasteiger partial charge in [-0.1, -0.05) is 29.8 Å². The first-order chi connectivity index (χ1) is 12.4. The summed E-state index contributed by atoms with van der Waals surface area (Å²) in [5.74, 6) is -0.537. The zero-order valence-electron chi connectivity index (χ0n) is 14.0. The summed E-state index contributed by atoms with van der Waals surface area (Å²) in [4.78, 5) is 28.7. The number of benzene rings is 2. The van der Waals surface area contributed by atoms with E-state index in [1.807, 2.05) is 0 Å². The summed E-state index contributed by atoms with van der Waals surface area (Å²) in [6.07, 6.45) is 1.44. The number of ether oxygens (including phenoxy) is 1. The second kappa shape index (κ2) is 6.97. The molecule has 2 aromatic carbocycles. The van der Waals surface area contributed by atoms with Gasteiger partial charge >= 0.3 is 5.97 Å². The summed E-state index contributed by atoms with van der Waals surface area (Å²) in [6.45, 7) is 0. The van der Waals surface area contributed by atoms with Crippen molar-refractivity contribution in [3.63, 3.8) is 0 Å². The number of aliphatic imine (C=N–C) groups is 1. The quantitative estimate of drug-likeness (QED) is 0.354. The first-order valence-electron chi connectivity index (χ1n) is 7.60. The number of cyclic esters (lactones) is 1. The number of nitro benzene ring substituents is 1. The molecule has 0 N–H and O–H groups in total. The largest absolute Gasteiger partial charge is 0.402 e. The van der Waals surface area contributed by atoms with Gasteiger partial charge < -0.3 is 9.64 Å². The van der Waals surface area contributed by atoms with Gasteiger partial charge in [0.2, 0.25) is 5.90 Å². The van der Waals surface area contributed by atoms with Crippen LogP contribution >= 0.6 is 11.6 Å². The lowest BCUT2D eigenvalue weighted by Crippen LogP contribution is -2.11. The molecule has 0 radical (unpaired) electrons. The second-order valence-electron chi connectivity index (χ2n) is 5.72. The molecule has 0 saturated heterocycles. The number of nitro groups is 1. The Labute approximate surface area is 154 Å². The summed E-state index contributed by atoms with van der Waals surface area (Å²) >= 11 is 6.09. The van der Waals surface area contributed by atoms with E-state index in [9.17, 15) is 14.9 Å². The van der Waals surface area contributed by atoms with Crippen LogP contribution in [0.15, 0.2) is 53.2 Å². The Morgan fingerprint density at radius 2 is 1.96 bits per heavy atom. The molecule has 0 aliphatic carbocycles. The van der Waals surface area contributed by atoms with Gasteiger partial charge in [-0.25, -0.2) is 9.79 Å². The highest BCUT2D eigenvalue weighted by atomic mass is 35.5. The maximum Gasteiger partial charge on any atom is 0.363 e. The third-order valence-electron chi connectivity index (χ3n) is 3.71. The molecule has 8 heteroatoms. The van der Waals surface area contributed by atoms with Crippen LogP contribution in [0.4, 0.5) is 11.4 Å². The van der Waals surface area contributed by atoms with E-state index in [1.54, 1.807) is 55.4 Å². The molecule has 1 aliphatic heterocycles. The van der Waals surface area contributed by atoms with Crippen LogP contribution in [0.5, 0.6) is 0 Å². The van der Waals surface area contributed by atoms with Crippen molar-refractivity contribution in [2.75, 3.05) is 19.0 Å². The summed E-state index contributed by atoms with van der Waals surface area (Å²) in [6, 6.07) is 11.5. The minimum atomic E-state index is -0.640. The highest BCUT2D eigenvalue weighted by molar-refractivity contribution is 6.34. The van der Waals surface area contributed by atoms with Gasteiger partial charge in [0.25, 0.3) is 5.69 Å². The Bertz CT molecular complexity index is 967. The molecule has 0 spiro atoms. The van der Waals surface area contributed by atoms with Crippen molar-refractivity contribution in [1.82, 2.24) is 0 Å². The van der Waals surface area contributed by atoms with Crippen LogP contribution < -0.4 is 4.90 Å². The van der Waals surface area contributed by atoms with Crippen LogP contribution in [-0.2, 0) is 9.53 Å². The molecular weight excluding hydrogens is 358 g/mol. The number of nitrogens with zero attached hydrogens (tertiary/aromatic N) is 3. The summed E-state index contributed by atoms with van der Waals surface area (Å²) in [5.41, 5.74) is 1.42. The molecule has 0 fully saturated rings. The van der Waals surface area contributed by atoms with Crippen LogP contribution in [0.25, 0.3) is 6.08 Å². The van der Waals surface area contributed by atoms with E-state index in [0.29, 0.717) is 21.8 Å². The van der Waals surface area contributed by atoms with Gasteiger partial charge in [0.1, 0.15) is 5.69 Å². The van der Waals surface area contributed by atoms with Gasteiger partial charge in [0.05, 0.1) is 15.5 Å². The van der Waals surface area contributed by atoms with E-state index < -0.39 is 10.9 Å². The summed E-state index contributed by atoms with van der Waals surface area (Å²) in [7, 11) is 3.43. The van der Waals surface area contributed by atoms with Crippen molar-refractivity contribution in [2.45, 2.75) is 0 Å². The molecule has 0 atom stereocenters. The number of carbonyl (C=O) groups excluding carboxylic acids is 1. The van der Waals surface area contributed by atoms with Gasteiger partial charge in [-0.2, -0.15) is 0 Å². The van der Waals surface area contributed by atoms with Crippen LogP contribution in [0.3, 0.4) is 0 Å². The molecule has 132 valence electrons. The number of anilines is 1. The van der Waals surface area contributed by atoms with Gasteiger partial charge in [-0.3, -0.25) is 10.1 Å². The molecule has 7 nitrogen and oxygen atoms in total. The highest BCUT2D eigenvalue weighted by Gasteiger charge is 2.26. The summed E-state index contributed by atoms with van der Waals surface area (Å²) < 4.78 is 5.17. The van der Waals surface area contributed by atoms with Crippen LogP contribution in [0.1, 0.15) is 11.1 Å². The lowest BCUT2D eigenvalue weighted by Gasteiger charge is -2.12. The third-order valence-corrected chi connectivity index (χ3v) is 4.04. The predicted molar refractivity (Wildman–Crippen MR) is 99.5 cm³/mol. The van der Waals surface area contributed by atoms with Crippen LogP contribution in [-0.4, -0.2) is 30.9 Å². The number of esters is 1. The van der Waals surface area contributed by atoms with Gasteiger partial charge in [-0.15, -0.1) is 0 Å². The van der Waals surface area contributed by atoms with Crippen molar-refractivity contribution in [2.24, 2.45) is 4.99 Å². The first-order valence-corrected chi connectivity index (χ1v) is 7.98. The van der Waals surface area contributed by atoms with E-state index in [2.05, 4.69) is 4.99 Å². The SMILES string of the molecule is CN(C)c1ccc(/C=C2\N=C(c3ccccc3Cl)OC2=O)cc1[N+](=O)[O-]. The Morgan fingerprint density at radius 1 is 1.23 bits per heavy atom. The third kappa shape index (κ3) is 3.43. The van der Waals surface area contributed by atoms with E-state index in [0.717, 1.165) is 0 Å². The van der Waals surface area contributed by atoms with Gasteiger partial charge in [0.15, 0.2) is 5.70 Å². The van der Waals surface area contributed by atoms with E-state index in [-0.39, 0.29) is 17.3 Å². The zero-order chi connectivity index (χ0) is 18.8. The molecular formula is C18H14ClN3O4. The number of hydrogen-bond donors (Lipinski definition) is 0. The minimum absolute atomic E-state index is 0.0480. The fourth-order valence-corrected chi connectivity index (χ4v) is 2.69. The molecule has 3 rings (SSSR count).